The highest BCUT2D eigenvalue weighted by atomic mass is 32.2. The Labute approximate surface area is 180 Å². The largest absolute Gasteiger partial charge is 0.495 e. The van der Waals surface area contributed by atoms with Gasteiger partial charge in [-0.1, -0.05) is 0 Å². The molecule has 1 saturated heterocycles. The number of hydrogen-bond acceptors (Lipinski definition) is 7. The van der Waals surface area contributed by atoms with Crippen molar-refractivity contribution in [1.82, 2.24) is 14.3 Å². The van der Waals surface area contributed by atoms with E-state index in [1.807, 2.05) is 0 Å². The SMILES string of the molecule is COc1ccc(NC(=O)CCc2c(C)nc(C)[nH]c2=O)cc1S(=O)(=O)N1CCOCC1. The molecule has 3 rings (SSSR count). The van der Waals surface area contributed by atoms with Crippen LogP contribution < -0.4 is 15.6 Å². The summed E-state index contributed by atoms with van der Waals surface area (Å²) in [6.45, 7) is 4.56. The van der Waals surface area contributed by atoms with Gasteiger partial charge in [-0.15, -0.1) is 0 Å². The minimum atomic E-state index is -3.81. The Kier molecular flexibility index (Phi) is 7.08. The second-order valence-electron chi connectivity index (χ2n) is 7.15. The first-order valence-corrected chi connectivity index (χ1v) is 11.3. The van der Waals surface area contributed by atoms with Crippen molar-refractivity contribution in [2.24, 2.45) is 0 Å². The molecule has 1 fully saturated rings. The summed E-state index contributed by atoms with van der Waals surface area (Å²) in [5.74, 6) is 0.361. The number of morpholine rings is 1. The topological polar surface area (TPSA) is 131 Å². The van der Waals surface area contributed by atoms with E-state index in [1.165, 1.54) is 23.5 Å². The van der Waals surface area contributed by atoms with Gasteiger partial charge >= 0.3 is 0 Å². The first kappa shape index (κ1) is 22.9. The average Bonchev–Trinajstić information content (AvgIpc) is 2.73. The predicted octanol–water partition coefficient (Wildman–Crippen LogP) is 0.988. The van der Waals surface area contributed by atoms with Gasteiger partial charge in [0, 0.05) is 36.5 Å². The van der Waals surface area contributed by atoms with Crippen LogP contribution in [0.4, 0.5) is 5.69 Å². The monoisotopic (exact) mass is 450 g/mol. The summed E-state index contributed by atoms with van der Waals surface area (Å²) in [6, 6.07) is 4.45. The van der Waals surface area contributed by atoms with Crippen molar-refractivity contribution < 1.29 is 22.7 Å². The Morgan fingerprint density at radius 2 is 2.00 bits per heavy atom. The van der Waals surface area contributed by atoms with Gasteiger partial charge in [-0.25, -0.2) is 13.4 Å². The second kappa shape index (κ2) is 9.58. The van der Waals surface area contributed by atoms with Crippen LogP contribution in [-0.4, -0.2) is 62.0 Å². The van der Waals surface area contributed by atoms with E-state index in [0.717, 1.165) is 0 Å². The zero-order valence-electron chi connectivity index (χ0n) is 17.7. The van der Waals surface area contributed by atoms with Gasteiger partial charge in [-0.3, -0.25) is 9.59 Å². The number of aryl methyl sites for hydroxylation is 2. The zero-order valence-corrected chi connectivity index (χ0v) is 18.5. The molecule has 1 amide bonds. The number of benzene rings is 1. The van der Waals surface area contributed by atoms with Gasteiger partial charge in [-0.2, -0.15) is 4.31 Å². The summed E-state index contributed by atoms with van der Waals surface area (Å²) >= 11 is 0. The highest BCUT2D eigenvalue weighted by molar-refractivity contribution is 7.89. The van der Waals surface area contributed by atoms with Crippen molar-refractivity contribution in [1.29, 1.82) is 0 Å². The molecular weight excluding hydrogens is 424 g/mol. The number of carbonyl (C=O) groups excluding carboxylic acids is 1. The Hall–Kier alpha value is -2.76. The molecule has 2 heterocycles. The van der Waals surface area contributed by atoms with E-state index in [4.69, 9.17) is 9.47 Å². The lowest BCUT2D eigenvalue weighted by molar-refractivity contribution is -0.116. The van der Waals surface area contributed by atoms with Crippen molar-refractivity contribution in [3.05, 3.63) is 45.6 Å². The van der Waals surface area contributed by atoms with Crippen molar-refractivity contribution >= 4 is 21.6 Å². The number of sulfonamides is 1. The van der Waals surface area contributed by atoms with Crippen molar-refractivity contribution in [2.75, 3.05) is 38.7 Å². The summed E-state index contributed by atoms with van der Waals surface area (Å²) in [7, 11) is -2.42. The fourth-order valence-electron chi connectivity index (χ4n) is 3.39. The lowest BCUT2D eigenvalue weighted by atomic mass is 10.1. The fourth-order valence-corrected chi connectivity index (χ4v) is 4.98. The zero-order chi connectivity index (χ0) is 22.6. The molecule has 11 heteroatoms. The predicted molar refractivity (Wildman–Crippen MR) is 114 cm³/mol. The number of nitrogens with zero attached hydrogens (tertiary/aromatic N) is 2. The second-order valence-corrected chi connectivity index (χ2v) is 9.05. The molecule has 0 unspecified atom stereocenters. The Balaban J connectivity index is 1.75. The van der Waals surface area contributed by atoms with Crippen molar-refractivity contribution in [2.45, 2.75) is 31.6 Å². The highest BCUT2D eigenvalue weighted by Gasteiger charge is 2.29. The molecule has 2 aromatic rings. The summed E-state index contributed by atoms with van der Waals surface area (Å²) in [4.78, 5) is 31.3. The van der Waals surface area contributed by atoms with Gasteiger partial charge in [-0.05, 0) is 38.5 Å². The standard InChI is InChI=1S/C20H26N4O6S/c1-13-16(20(26)22-14(2)21-13)5-7-19(25)23-15-4-6-17(29-3)18(12-15)31(27,28)24-8-10-30-11-9-24/h4,6,12H,5,7-11H2,1-3H3,(H,23,25)(H,21,22,26). The fraction of sp³-hybridized carbons (Fsp3) is 0.450. The number of methoxy groups -OCH3 is 1. The van der Waals surface area contributed by atoms with Crippen LogP contribution in [0.5, 0.6) is 5.75 Å². The average molecular weight is 451 g/mol. The summed E-state index contributed by atoms with van der Waals surface area (Å²) in [5, 5.41) is 2.69. The minimum absolute atomic E-state index is 0.0234. The summed E-state index contributed by atoms with van der Waals surface area (Å²) < 4.78 is 37.9. The van der Waals surface area contributed by atoms with E-state index in [9.17, 15) is 18.0 Å². The third-order valence-electron chi connectivity index (χ3n) is 4.98. The third-order valence-corrected chi connectivity index (χ3v) is 6.90. The van der Waals surface area contributed by atoms with Crippen LogP contribution >= 0.6 is 0 Å². The number of H-pyrrole nitrogens is 1. The Bertz CT molecular complexity index is 1120. The molecule has 0 bridgehead atoms. The van der Waals surface area contributed by atoms with Gasteiger partial charge in [0.15, 0.2) is 0 Å². The molecule has 0 atom stereocenters. The molecule has 10 nitrogen and oxygen atoms in total. The number of amides is 1. The van der Waals surface area contributed by atoms with E-state index in [-0.39, 0.29) is 48.0 Å². The van der Waals surface area contributed by atoms with Crippen LogP contribution in [0.15, 0.2) is 27.9 Å². The third kappa shape index (κ3) is 5.30. The summed E-state index contributed by atoms with van der Waals surface area (Å²) in [6.07, 6.45) is 0.265. The molecule has 0 radical (unpaired) electrons. The molecule has 1 aliphatic heterocycles. The van der Waals surface area contributed by atoms with E-state index < -0.39 is 10.0 Å². The number of anilines is 1. The molecule has 31 heavy (non-hydrogen) atoms. The van der Waals surface area contributed by atoms with E-state index >= 15 is 0 Å². The van der Waals surface area contributed by atoms with Gasteiger partial charge in [0.1, 0.15) is 16.5 Å². The van der Waals surface area contributed by atoms with Crippen LogP contribution in [0.3, 0.4) is 0 Å². The Morgan fingerprint density at radius 3 is 2.65 bits per heavy atom. The molecular formula is C20H26N4O6S. The lowest BCUT2D eigenvalue weighted by Crippen LogP contribution is -2.40. The van der Waals surface area contributed by atoms with Gasteiger partial charge in [0.2, 0.25) is 15.9 Å². The Morgan fingerprint density at radius 1 is 1.29 bits per heavy atom. The van der Waals surface area contributed by atoms with Gasteiger partial charge < -0.3 is 19.8 Å². The first-order valence-electron chi connectivity index (χ1n) is 9.84. The maximum atomic E-state index is 13.1. The molecule has 1 aromatic carbocycles. The maximum Gasteiger partial charge on any atom is 0.254 e. The van der Waals surface area contributed by atoms with Crippen molar-refractivity contribution in [3.63, 3.8) is 0 Å². The number of rotatable bonds is 7. The molecule has 0 spiro atoms. The number of ether oxygens (including phenoxy) is 2. The quantitative estimate of drug-likeness (QED) is 0.643. The van der Waals surface area contributed by atoms with E-state index in [1.54, 1.807) is 19.9 Å². The van der Waals surface area contributed by atoms with Crippen LogP contribution in [0.2, 0.25) is 0 Å². The number of hydrogen-bond donors (Lipinski definition) is 2. The smallest absolute Gasteiger partial charge is 0.254 e. The number of aromatic amines is 1. The molecule has 168 valence electrons. The van der Waals surface area contributed by atoms with Crippen LogP contribution in [0, 0.1) is 13.8 Å². The lowest BCUT2D eigenvalue weighted by Gasteiger charge is -2.26. The van der Waals surface area contributed by atoms with E-state index in [0.29, 0.717) is 36.0 Å². The van der Waals surface area contributed by atoms with Crippen LogP contribution in [-0.2, 0) is 26.0 Å². The molecule has 1 aromatic heterocycles. The molecule has 2 N–H and O–H groups in total. The summed E-state index contributed by atoms with van der Waals surface area (Å²) in [5.41, 5.74) is 1.09. The number of nitrogens with one attached hydrogen (secondary N) is 2. The maximum absolute atomic E-state index is 13.1. The number of aromatic nitrogens is 2. The van der Waals surface area contributed by atoms with Crippen molar-refractivity contribution in [3.8, 4) is 5.75 Å². The first-order chi connectivity index (χ1) is 14.7. The normalized spacial score (nSPS) is 14.9. The number of carbonyl (C=O) groups is 1. The van der Waals surface area contributed by atoms with Crippen LogP contribution in [0.1, 0.15) is 23.5 Å². The molecule has 0 aliphatic carbocycles. The van der Waals surface area contributed by atoms with Gasteiger partial charge in [0.05, 0.1) is 20.3 Å². The van der Waals surface area contributed by atoms with Crippen LogP contribution in [0.25, 0.3) is 0 Å². The molecule has 1 aliphatic rings. The highest BCUT2D eigenvalue weighted by Crippen LogP contribution is 2.30. The molecule has 0 saturated carbocycles. The minimum Gasteiger partial charge on any atom is -0.495 e. The van der Waals surface area contributed by atoms with Gasteiger partial charge in [0.25, 0.3) is 5.56 Å². The van der Waals surface area contributed by atoms with E-state index in [2.05, 4.69) is 15.3 Å².